The van der Waals surface area contributed by atoms with Gasteiger partial charge in [-0.2, -0.15) is 4.98 Å². The van der Waals surface area contributed by atoms with E-state index in [1.807, 2.05) is 26.0 Å². The first-order valence-electron chi connectivity index (χ1n) is 6.78. The third-order valence-corrected chi connectivity index (χ3v) is 3.97. The van der Waals surface area contributed by atoms with Gasteiger partial charge in [0, 0.05) is 10.6 Å². The Bertz CT molecular complexity index is 684. The van der Waals surface area contributed by atoms with Crippen LogP contribution in [0.1, 0.15) is 42.3 Å². The lowest BCUT2D eigenvalue weighted by molar-refractivity contribution is 0.451. The van der Waals surface area contributed by atoms with Gasteiger partial charge in [0.2, 0.25) is 5.88 Å². The summed E-state index contributed by atoms with van der Waals surface area (Å²) in [5, 5.41) is 1.16. The van der Waals surface area contributed by atoms with Crippen molar-refractivity contribution in [2.45, 2.75) is 40.5 Å². The second-order valence-corrected chi connectivity index (χ2v) is 6.15. The number of aryl methyl sites for hydroxylation is 2. The van der Waals surface area contributed by atoms with E-state index in [2.05, 4.69) is 23.8 Å². The van der Waals surface area contributed by atoms with Crippen molar-refractivity contribution in [1.82, 2.24) is 9.97 Å². The fourth-order valence-electron chi connectivity index (χ4n) is 1.99. The highest BCUT2D eigenvalue weighted by molar-refractivity contribution is 6.31. The largest absolute Gasteiger partial charge is 0.438 e. The van der Waals surface area contributed by atoms with Crippen molar-refractivity contribution in [3.63, 3.8) is 0 Å². The molecular formula is C16H18Cl2N2O. The van der Waals surface area contributed by atoms with E-state index in [0.717, 1.165) is 27.5 Å². The van der Waals surface area contributed by atoms with E-state index in [0.29, 0.717) is 22.8 Å². The van der Waals surface area contributed by atoms with E-state index < -0.39 is 0 Å². The van der Waals surface area contributed by atoms with Gasteiger partial charge in [0.1, 0.15) is 16.7 Å². The summed E-state index contributed by atoms with van der Waals surface area (Å²) in [4.78, 5) is 8.43. The summed E-state index contributed by atoms with van der Waals surface area (Å²) >= 11 is 12.4. The number of benzene rings is 1. The fourth-order valence-corrected chi connectivity index (χ4v) is 2.63. The van der Waals surface area contributed by atoms with Crippen LogP contribution in [0.4, 0.5) is 0 Å². The number of halogens is 2. The Morgan fingerprint density at radius 1 is 1.05 bits per heavy atom. The van der Waals surface area contributed by atoms with Gasteiger partial charge in [0.15, 0.2) is 0 Å². The quantitative estimate of drug-likeness (QED) is 0.687. The van der Waals surface area contributed by atoms with E-state index in [1.165, 1.54) is 0 Å². The van der Waals surface area contributed by atoms with Crippen molar-refractivity contribution >= 4 is 23.2 Å². The summed E-state index contributed by atoms with van der Waals surface area (Å²) in [6.07, 6.45) is 0. The second kappa shape index (κ2) is 6.20. The fraction of sp³-hybridized carbons (Fsp3) is 0.375. The molecule has 0 aliphatic rings. The minimum absolute atomic E-state index is 0.317. The summed E-state index contributed by atoms with van der Waals surface area (Å²) in [7, 11) is 0. The molecule has 21 heavy (non-hydrogen) atoms. The van der Waals surface area contributed by atoms with Crippen LogP contribution < -0.4 is 4.74 Å². The average molecular weight is 325 g/mol. The lowest BCUT2D eigenvalue weighted by Crippen LogP contribution is -2.00. The monoisotopic (exact) mass is 324 g/mol. The molecule has 112 valence electrons. The molecule has 0 unspecified atom stereocenters. The number of hydrogen-bond acceptors (Lipinski definition) is 3. The van der Waals surface area contributed by atoms with Gasteiger partial charge in [-0.3, -0.25) is 0 Å². The molecule has 0 radical (unpaired) electrons. The predicted octanol–water partition coefficient (Wildman–Crippen LogP) is 5.62. The second-order valence-electron chi connectivity index (χ2n) is 5.39. The highest BCUT2D eigenvalue weighted by atomic mass is 35.5. The smallest absolute Gasteiger partial charge is 0.226 e. The molecule has 3 nitrogen and oxygen atoms in total. The van der Waals surface area contributed by atoms with Crippen molar-refractivity contribution in [2.75, 3.05) is 0 Å². The molecule has 1 aromatic carbocycles. The van der Waals surface area contributed by atoms with Gasteiger partial charge in [-0.1, -0.05) is 37.0 Å². The van der Waals surface area contributed by atoms with Crippen molar-refractivity contribution in [3.05, 3.63) is 44.8 Å². The van der Waals surface area contributed by atoms with Crippen LogP contribution in [-0.2, 0) is 0 Å². The van der Waals surface area contributed by atoms with Gasteiger partial charge < -0.3 is 4.74 Å². The Balaban J connectivity index is 2.47. The molecule has 5 heteroatoms. The maximum absolute atomic E-state index is 6.28. The molecule has 0 atom stereocenters. The minimum atomic E-state index is 0.317. The van der Waals surface area contributed by atoms with Crippen LogP contribution in [-0.4, -0.2) is 9.97 Å². The topological polar surface area (TPSA) is 35.0 Å². The number of ether oxygens (including phenoxy) is 1. The zero-order valence-corrected chi connectivity index (χ0v) is 14.3. The van der Waals surface area contributed by atoms with Gasteiger partial charge in [0.25, 0.3) is 0 Å². The van der Waals surface area contributed by atoms with Crippen LogP contribution in [0, 0.1) is 20.8 Å². The maximum Gasteiger partial charge on any atom is 0.226 e. The van der Waals surface area contributed by atoms with Crippen molar-refractivity contribution in [2.24, 2.45) is 0 Å². The first kappa shape index (κ1) is 16.1. The molecule has 0 aliphatic heterocycles. The first-order chi connectivity index (χ1) is 9.79. The maximum atomic E-state index is 6.28. The lowest BCUT2D eigenvalue weighted by Gasteiger charge is -2.15. The van der Waals surface area contributed by atoms with Gasteiger partial charge in [-0.05, 0) is 49.9 Å². The molecule has 0 aliphatic carbocycles. The Morgan fingerprint density at radius 2 is 1.71 bits per heavy atom. The Kier molecular flexibility index (Phi) is 4.74. The molecule has 2 rings (SSSR count). The van der Waals surface area contributed by atoms with Crippen LogP contribution >= 0.6 is 23.2 Å². The Labute approximate surface area is 135 Å². The molecule has 0 bridgehead atoms. The van der Waals surface area contributed by atoms with Gasteiger partial charge in [-0.15, -0.1) is 0 Å². The molecule has 0 saturated carbocycles. The van der Waals surface area contributed by atoms with Crippen LogP contribution in [0.25, 0.3) is 0 Å². The van der Waals surface area contributed by atoms with E-state index in [4.69, 9.17) is 27.9 Å². The van der Waals surface area contributed by atoms with Gasteiger partial charge in [0.05, 0.1) is 0 Å². The molecular weight excluding hydrogens is 307 g/mol. The van der Waals surface area contributed by atoms with E-state index in [1.54, 1.807) is 6.92 Å². The van der Waals surface area contributed by atoms with Crippen molar-refractivity contribution in [3.8, 4) is 11.6 Å². The minimum Gasteiger partial charge on any atom is -0.438 e. The summed E-state index contributed by atoms with van der Waals surface area (Å²) in [6.45, 7) is 9.77. The molecule has 0 spiro atoms. The molecule has 0 saturated heterocycles. The average Bonchev–Trinajstić information content (AvgIpc) is 2.37. The molecule has 0 amide bonds. The number of aromatic nitrogens is 2. The molecule has 1 aromatic heterocycles. The van der Waals surface area contributed by atoms with Gasteiger partial charge >= 0.3 is 0 Å². The standard InChI is InChI=1S/C16H18Cl2N2O/c1-8(2)12-7-14(9(3)6-13(12)17)21-16-10(4)15(18)19-11(5)20-16/h6-8H,1-5H3. The number of nitrogens with zero attached hydrogens (tertiary/aromatic N) is 2. The van der Waals surface area contributed by atoms with Gasteiger partial charge in [-0.25, -0.2) is 4.98 Å². The zero-order chi connectivity index (χ0) is 15.7. The lowest BCUT2D eigenvalue weighted by atomic mass is 10.0. The molecule has 1 heterocycles. The van der Waals surface area contributed by atoms with E-state index in [9.17, 15) is 0 Å². The van der Waals surface area contributed by atoms with E-state index in [-0.39, 0.29) is 0 Å². The number of rotatable bonds is 3. The normalized spacial score (nSPS) is 11.0. The summed E-state index contributed by atoms with van der Waals surface area (Å²) < 4.78 is 5.95. The third kappa shape index (κ3) is 3.47. The van der Waals surface area contributed by atoms with Crippen LogP contribution in [0.2, 0.25) is 10.2 Å². The highest BCUT2D eigenvalue weighted by Crippen LogP contribution is 2.34. The summed E-state index contributed by atoms with van der Waals surface area (Å²) in [5.41, 5.74) is 2.73. The van der Waals surface area contributed by atoms with Crippen LogP contribution in [0.15, 0.2) is 12.1 Å². The molecule has 0 N–H and O–H groups in total. The van der Waals surface area contributed by atoms with Crippen LogP contribution in [0.3, 0.4) is 0 Å². The Hall–Kier alpha value is -1.32. The summed E-state index contributed by atoms with van der Waals surface area (Å²) in [6, 6.07) is 3.88. The Morgan fingerprint density at radius 3 is 2.33 bits per heavy atom. The predicted molar refractivity (Wildman–Crippen MR) is 86.9 cm³/mol. The van der Waals surface area contributed by atoms with Crippen molar-refractivity contribution in [1.29, 1.82) is 0 Å². The van der Waals surface area contributed by atoms with E-state index >= 15 is 0 Å². The third-order valence-electron chi connectivity index (χ3n) is 3.28. The summed E-state index contributed by atoms with van der Waals surface area (Å²) in [5.74, 6) is 2.11. The zero-order valence-electron chi connectivity index (χ0n) is 12.8. The number of hydrogen-bond donors (Lipinski definition) is 0. The van der Waals surface area contributed by atoms with Crippen LogP contribution in [0.5, 0.6) is 11.6 Å². The van der Waals surface area contributed by atoms with Crippen molar-refractivity contribution < 1.29 is 4.74 Å². The highest BCUT2D eigenvalue weighted by Gasteiger charge is 2.14. The SMILES string of the molecule is Cc1nc(Cl)c(C)c(Oc2cc(C(C)C)c(Cl)cc2C)n1. The first-order valence-corrected chi connectivity index (χ1v) is 7.53. The molecule has 2 aromatic rings. The molecule has 0 fully saturated rings.